The highest BCUT2D eigenvalue weighted by molar-refractivity contribution is 5.81. The first kappa shape index (κ1) is 21.0. The Morgan fingerprint density at radius 2 is 1.74 bits per heavy atom. The molecule has 6 heteroatoms. The van der Waals surface area contributed by atoms with Gasteiger partial charge in [-0.3, -0.25) is 9.59 Å². The van der Waals surface area contributed by atoms with Gasteiger partial charge in [0.05, 0.1) is 5.54 Å². The van der Waals surface area contributed by atoms with Gasteiger partial charge in [-0.15, -0.1) is 0 Å². The van der Waals surface area contributed by atoms with Crippen molar-refractivity contribution in [1.82, 2.24) is 14.7 Å². The fourth-order valence-corrected chi connectivity index (χ4v) is 6.46. The van der Waals surface area contributed by atoms with E-state index in [1.54, 1.807) is 0 Å². The molecular weight excluding hydrogens is 390 g/mol. The van der Waals surface area contributed by atoms with Gasteiger partial charge in [-0.25, -0.2) is 0 Å². The number of piperidine rings is 2. The number of hydrogen-bond donors (Lipinski definition) is 0. The molecule has 1 saturated carbocycles. The number of nitrogens with zero attached hydrogens (tertiary/aromatic N) is 3. The number of amides is 2. The first-order valence-electron chi connectivity index (χ1n) is 12.1. The zero-order valence-corrected chi connectivity index (χ0v) is 18.7. The molecule has 2 atom stereocenters. The lowest BCUT2D eigenvalue weighted by molar-refractivity contribution is -0.185. The minimum Gasteiger partial charge on any atom is -0.364 e. The van der Waals surface area contributed by atoms with Crippen LogP contribution in [-0.4, -0.2) is 78.5 Å². The van der Waals surface area contributed by atoms with Crippen LogP contribution in [0.2, 0.25) is 0 Å². The molecule has 1 aliphatic carbocycles. The molecule has 3 heterocycles. The normalized spacial score (nSPS) is 31.1. The van der Waals surface area contributed by atoms with E-state index >= 15 is 0 Å². The van der Waals surface area contributed by atoms with E-state index in [0.717, 1.165) is 44.0 Å². The first-order valence-corrected chi connectivity index (χ1v) is 12.1. The fraction of sp³-hybridized carbons (Fsp3) is 0.680. The maximum absolute atomic E-state index is 13.4. The molecule has 0 aromatic heterocycles. The third-order valence-corrected chi connectivity index (χ3v) is 8.37. The van der Waals surface area contributed by atoms with Crippen LogP contribution in [0.15, 0.2) is 30.3 Å². The minimum atomic E-state index is -0.487. The van der Waals surface area contributed by atoms with Crippen molar-refractivity contribution < 1.29 is 14.3 Å². The van der Waals surface area contributed by atoms with Crippen molar-refractivity contribution >= 4 is 11.8 Å². The lowest BCUT2D eigenvalue weighted by atomic mass is 9.76. The van der Waals surface area contributed by atoms with Gasteiger partial charge in [0, 0.05) is 32.1 Å². The number of rotatable bonds is 3. The van der Waals surface area contributed by atoms with E-state index < -0.39 is 5.54 Å². The lowest BCUT2D eigenvalue weighted by Gasteiger charge is -2.55. The highest BCUT2D eigenvalue weighted by Gasteiger charge is 2.53. The number of benzene rings is 1. The average molecular weight is 426 g/mol. The molecule has 0 bridgehead atoms. The molecule has 0 N–H and O–H groups in total. The fourth-order valence-electron chi connectivity index (χ4n) is 6.46. The molecular formula is C25H35N3O3. The van der Waals surface area contributed by atoms with Crippen molar-refractivity contribution in [1.29, 1.82) is 0 Å². The maximum Gasteiger partial charge on any atom is 0.249 e. The molecule has 6 nitrogen and oxygen atoms in total. The first-order chi connectivity index (χ1) is 15.1. The summed E-state index contributed by atoms with van der Waals surface area (Å²) in [7, 11) is 1.89. The van der Waals surface area contributed by atoms with Crippen LogP contribution in [-0.2, 0) is 19.9 Å². The van der Waals surface area contributed by atoms with Crippen molar-refractivity contribution in [2.45, 2.75) is 62.6 Å². The van der Waals surface area contributed by atoms with E-state index in [0.29, 0.717) is 13.1 Å². The maximum atomic E-state index is 13.4. The summed E-state index contributed by atoms with van der Waals surface area (Å²) in [6, 6.07) is 11.0. The van der Waals surface area contributed by atoms with Gasteiger partial charge in [0.25, 0.3) is 0 Å². The van der Waals surface area contributed by atoms with E-state index in [-0.39, 0.29) is 30.4 Å². The zero-order valence-electron chi connectivity index (χ0n) is 18.7. The molecule has 0 spiro atoms. The molecule has 4 aliphatic rings. The Morgan fingerprint density at radius 3 is 2.45 bits per heavy atom. The van der Waals surface area contributed by atoms with Gasteiger partial charge >= 0.3 is 0 Å². The summed E-state index contributed by atoms with van der Waals surface area (Å²) in [5, 5.41) is 0. The van der Waals surface area contributed by atoms with Gasteiger partial charge in [0.1, 0.15) is 12.7 Å². The highest BCUT2D eigenvalue weighted by atomic mass is 16.5. The summed E-state index contributed by atoms with van der Waals surface area (Å²) in [6.07, 6.45) is 7.86. The number of carbonyl (C=O) groups excluding carboxylic acids is 2. The van der Waals surface area contributed by atoms with Gasteiger partial charge in [-0.05, 0) is 50.8 Å². The molecule has 0 unspecified atom stereocenters. The van der Waals surface area contributed by atoms with E-state index in [1.165, 1.54) is 25.7 Å². The molecule has 1 aromatic rings. The molecule has 31 heavy (non-hydrogen) atoms. The van der Waals surface area contributed by atoms with Crippen molar-refractivity contribution in [2.75, 3.05) is 39.8 Å². The van der Waals surface area contributed by atoms with Gasteiger partial charge in [-0.1, -0.05) is 43.2 Å². The molecule has 3 aliphatic heterocycles. The van der Waals surface area contributed by atoms with Crippen molar-refractivity contribution in [2.24, 2.45) is 5.92 Å². The smallest absolute Gasteiger partial charge is 0.249 e. The third kappa shape index (κ3) is 3.68. The van der Waals surface area contributed by atoms with Gasteiger partial charge < -0.3 is 19.4 Å². The van der Waals surface area contributed by atoms with E-state index in [4.69, 9.17) is 4.74 Å². The van der Waals surface area contributed by atoms with Crippen LogP contribution >= 0.6 is 0 Å². The highest BCUT2D eigenvalue weighted by Crippen LogP contribution is 2.42. The molecule has 4 fully saturated rings. The summed E-state index contributed by atoms with van der Waals surface area (Å²) < 4.78 is 6.08. The number of likely N-dealkylation sites (tertiary alicyclic amines) is 2. The van der Waals surface area contributed by atoms with E-state index in [9.17, 15) is 9.59 Å². The number of carbonyl (C=O) groups is 2. The van der Waals surface area contributed by atoms with Crippen molar-refractivity contribution in [3.05, 3.63) is 35.9 Å². The quantitative estimate of drug-likeness (QED) is 0.747. The molecule has 0 radical (unpaired) electrons. The second-order valence-corrected chi connectivity index (χ2v) is 9.83. The summed E-state index contributed by atoms with van der Waals surface area (Å²) in [6.45, 7) is 3.44. The Bertz CT molecular complexity index is 801. The monoisotopic (exact) mass is 425 g/mol. The molecule has 3 saturated heterocycles. The molecule has 1 aromatic carbocycles. The molecule has 168 valence electrons. The Balaban J connectivity index is 1.27. The molecule has 5 rings (SSSR count). The van der Waals surface area contributed by atoms with E-state index in [2.05, 4.69) is 17.0 Å². The van der Waals surface area contributed by atoms with Gasteiger partial charge in [-0.2, -0.15) is 0 Å². The predicted molar refractivity (Wildman–Crippen MR) is 118 cm³/mol. The van der Waals surface area contributed by atoms with Crippen molar-refractivity contribution in [3.8, 4) is 0 Å². The number of hydrogen-bond acceptors (Lipinski definition) is 4. The standard InChI is InChI=1S/C25H35N3O3/c1-26-23(29)18-31-22-17-28(16-13-25(22,26)20-7-3-2-4-8-20)24(30)19-11-14-27(15-12-19)21-9-5-6-10-21/h2-4,7-8,19,21-22H,5-6,9-18H2,1H3/t22-,25+/m1/s1. The summed E-state index contributed by atoms with van der Waals surface area (Å²) >= 11 is 0. The zero-order chi connectivity index (χ0) is 21.4. The Hall–Kier alpha value is -1.92. The van der Waals surface area contributed by atoms with Crippen LogP contribution in [0, 0.1) is 5.92 Å². The Kier molecular flexibility index (Phi) is 5.78. The topological polar surface area (TPSA) is 53.1 Å². The number of fused-ring (bicyclic) bond motifs is 1. The largest absolute Gasteiger partial charge is 0.364 e. The summed E-state index contributed by atoms with van der Waals surface area (Å²) in [5.74, 6) is 0.430. The van der Waals surface area contributed by atoms with Crippen LogP contribution in [0.25, 0.3) is 0 Å². The van der Waals surface area contributed by atoms with Crippen LogP contribution in [0.1, 0.15) is 50.5 Å². The molecule has 2 amide bonds. The van der Waals surface area contributed by atoms with Gasteiger partial charge in [0.2, 0.25) is 11.8 Å². The van der Waals surface area contributed by atoms with Crippen LogP contribution in [0.3, 0.4) is 0 Å². The number of morpholine rings is 1. The van der Waals surface area contributed by atoms with Crippen LogP contribution in [0.5, 0.6) is 0 Å². The minimum absolute atomic E-state index is 0.0131. The summed E-state index contributed by atoms with van der Waals surface area (Å²) in [4.78, 5) is 32.5. The van der Waals surface area contributed by atoms with Gasteiger partial charge in [0.15, 0.2) is 0 Å². The second-order valence-electron chi connectivity index (χ2n) is 9.83. The summed E-state index contributed by atoms with van der Waals surface area (Å²) in [5.41, 5.74) is 0.617. The van der Waals surface area contributed by atoms with E-state index in [1.807, 2.05) is 35.0 Å². The second kappa shape index (κ2) is 8.55. The Morgan fingerprint density at radius 1 is 1.03 bits per heavy atom. The van der Waals surface area contributed by atoms with Crippen LogP contribution in [0.4, 0.5) is 0 Å². The lowest BCUT2D eigenvalue weighted by Crippen LogP contribution is -2.67. The van der Waals surface area contributed by atoms with Crippen molar-refractivity contribution in [3.63, 3.8) is 0 Å². The predicted octanol–water partition coefficient (Wildman–Crippen LogP) is 2.63. The average Bonchev–Trinajstić information content (AvgIpc) is 3.36. The number of likely N-dealkylation sites (N-methyl/N-ethyl adjacent to an activating group) is 1. The third-order valence-electron chi connectivity index (χ3n) is 8.37. The Labute approximate surface area is 185 Å². The SMILES string of the molecule is CN1C(=O)CO[C@@H]2CN(C(=O)C3CCN(C4CCCC4)CC3)CC[C@]21c1ccccc1. The number of ether oxygens (including phenoxy) is 1. The van der Waals surface area contributed by atoms with Crippen LogP contribution < -0.4 is 0 Å².